The third-order valence-corrected chi connectivity index (χ3v) is 7.20. The number of imidazole rings is 1. The van der Waals surface area contributed by atoms with Crippen molar-refractivity contribution in [2.24, 2.45) is 0 Å². The van der Waals surface area contributed by atoms with Gasteiger partial charge in [-0.1, -0.05) is 0 Å². The number of fused-ring (bicyclic) bond motifs is 1. The summed E-state index contributed by atoms with van der Waals surface area (Å²) in [5.41, 5.74) is 2.07. The second-order valence-corrected chi connectivity index (χ2v) is 9.14. The van der Waals surface area contributed by atoms with E-state index in [-0.39, 0.29) is 11.5 Å². The van der Waals surface area contributed by atoms with Gasteiger partial charge in [0.25, 0.3) is 0 Å². The van der Waals surface area contributed by atoms with Crippen molar-refractivity contribution in [3.63, 3.8) is 0 Å². The summed E-state index contributed by atoms with van der Waals surface area (Å²) in [4.78, 5) is 17.1. The average Bonchev–Trinajstić information content (AvgIpc) is 3.19. The molecule has 1 fully saturated rings. The topological polar surface area (TPSA) is 115 Å². The average molecular weight is 455 g/mol. The van der Waals surface area contributed by atoms with Gasteiger partial charge in [0.1, 0.15) is 12.4 Å². The summed E-state index contributed by atoms with van der Waals surface area (Å²) in [6.45, 7) is 3.84. The molecule has 9 nitrogen and oxygen atoms in total. The van der Waals surface area contributed by atoms with Crippen LogP contribution in [0.1, 0.15) is 28.7 Å². The molecule has 2 heterocycles. The summed E-state index contributed by atoms with van der Waals surface area (Å²) in [5.74, 6) is -0.00908. The maximum Gasteiger partial charge on any atom is 0.338 e. The monoisotopic (exact) mass is 454 g/mol. The van der Waals surface area contributed by atoms with Crippen LogP contribution in [-0.4, -0.2) is 54.5 Å². The Kier molecular flexibility index (Phi) is 6.23. The minimum absolute atomic E-state index is 0.0626. The summed E-state index contributed by atoms with van der Waals surface area (Å²) in [6, 6.07) is 13.0. The lowest BCUT2D eigenvalue weighted by molar-refractivity contribution is 0.0458. The minimum Gasteiger partial charge on any atom is -0.454 e. The maximum absolute atomic E-state index is 13.0. The van der Waals surface area contributed by atoms with Crippen molar-refractivity contribution < 1.29 is 22.7 Å². The number of sulfonamides is 1. The second-order valence-electron chi connectivity index (χ2n) is 7.20. The highest BCUT2D eigenvalue weighted by Crippen LogP contribution is 2.24. The van der Waals surface area contributed by atoms with Crippen LogP contribution in [-0.2, 0) is 32.6 Å². The number of morpholine rings is 1. The number of carbonyl (C=O) groups excluding carboxylic acids is 1. The lowest BCUT2D eigenvalue weighted by atomic mass is 10.1. The number of esters is 1. The summed E-state index contributed by atoms with van der Waals surface area (Å²) < 4.78 is 39.9. The highest BCUT2D eigenvalue weighted by Gasteiger charge is 2.27. The fraction of sp³-hybridized carbons (Fsp3) is 0.318. The molecule has 1 saturated heterocycles. The summed E-state index contributed by atoms with van der Waals surface area (Å²) in [7, 11) is -3.64. The van der Waals surface area contributed by atoms with Crippen LogP contribution in [0.3, 0.4) is 0 Å². The van der Waals surface area contributed by atoms with E-state index in [2.05, 4.69) is 4.98 Å². The van der Waals surface area contributed by atoms with E-state index in [0.717, 1.165) is 5.52 Å². The van der Waals surface area contributed by atoms with Crippen LogP contribution in [0, 0.1) is 11.3 Å². The number of rotatable bonds is 6. The largest absolute Gasteiger partial charge is 0.454 e. The molecule has 2 aromatic carbocycles. The van der Waals surface area contributed by atoms with Crippen LogP contribution >= 0.6 is 0 Å². The molecule has 0 radical (unpaired) electrons. The zero-order valence-corrected chi connectivity index (χ0v) is 18.3. The summed E-state index contributed by atoms with van der Waals surface area (Å²) >= 11 is 0. The molecular formula is C22H22N4O5S. The first-order valence-corrected chi connectivity index (χ1v) is 11.6. The van der Waals surface area contributed by atoms with Gasteiger partial charge in [0, 0.05) is 19.6 Å². The minimum atomic E-state index is -3.64. The van der Waals surface area contributed by atoms with E-state index in [4.69, 9.17) is 14.7 Å². The highest BCUT2D eigenvalue weighted by molar-refractivity contribution is 7.89. The van der Waals surface area contributed by atoms with Crippen molar-refractivity contribution in [3.05, 3.63) is 59.4 Å². The van der Waals surface area contributed by atoms with Crippen molar-refractivity contribution in [1.82, 2.24) is 13.9 Å². The Hall–Kier alpha value is -3.26. The van der Waals surface area contributed by atoms with Crippen LogP contribution in [0.5, 0.6) is 0 Å². The molecule has 166 valence electrons. The van der Waals surface area contributed by atoms with Gasteiger partial charge in [0.2, 0.25) is 10.0 Å². The van der Waals surface area contributed by atoms with Crippen molar-refractivity contribution >= 4 is 27.0 Å². The number of nitrogens with zero attached hydrogens (tertiary/aromatic N) is 4. The van der Waals surface area contributed by atoms with E-state index in [1.807, 2.05) is 17.6 Å². The number of nitriles is 1. The Morgan fingerprint density at radius 3 is 2.56 bits per heavy atom. The number of hydrogen-bond acceptors (Lipinski definition) is 7. The summed E-state index contributed by atoms with van der Waals surface area (Å²) in [6.07, 6.45) is 0. The molecule has 32 heavy (non-hydrogen) atoms. The van der Waals surface area contributed by atoms with Crippen molar-refractivity contribution in [1.29, 1.82) is 5.26 Å². The van der Waals surface area contributed by atoms with Gasteiger partial charge in [-0.15, -0.1) is 0 Å². The van der Waals surface area contributed by atoms with Crippen LogP contribution in [0.25, 0.3) is 11.0 Å². The van der Waals surface area contributed by atoms with Crippen molar-refractivity contribution in [2.75, 3.05) is 26.3 Å². The van der Waals surface area contributed by atoms with Crippen LogP contribution in [0.4, 0.5) is 0 Å². The van der Waals surface area contributed by atoms with Crippen molar-refractivity contribution in [2.45, 2.75) is 25.0 Å². The van der Waals surface area contributed by atoms with E-state index in [1.165, 1.54) is 16.4 Å². The fourth-order valence-corrected chi connectivity index (χ4v) is 5.04. The highest BCUT2D eigenvalue weighted by atomic mass is 32.2. The van der Waals surface area contributed by atoms with E-state index >= 15 is 0 Å². The lowest BCUT2D eigenvalue weighted by Gasteiger charge is -2.26. The molecule has 3 aromatic rings. The third kappa shape index (κ3) is 4.23. The molecule has 1 aliphatic rings. The molecule has 0 N–H and O–H groups in total. The quantitative estimate of drug-likeness (QED) is 0.525. The number of benzene rings is 2. The molecule has 0 saturated carbocycles. The van der Waals surface area contributed by atoms with E-state index in [1.54, 1.807) is 30.3 Å². The van der Waals surface area contributed by atoms with Crippen LogP contribution in [0.15, 0.2) is 47.4 Å². The molecule has 0 bridgehead atoms. The molecule has 4 rings (SSSR count). The predicted octanol–water partition coefficient (Wildman–Crippen LogP) is 2.31. The third-order valence-electron chi connectivity index (χ3n) is 5.30. The SMILES string of the molecule is CCn1c(COC(=O)c2ccc(C#N)cc2)nc2cc(S(=O)(=O)N3CCOCC3)ccc21. The molecule has 0 amide bonds. The van der Waals surface area contributed by atoms with Crippen molar-refractivity contribution in [3.8, 4) is 6.07 Å². The van der Waals surface area contributed by atoms with E-state index < -0.39 is 16.0 Å². The normalized spacial score (nSPS) is 14.9. The van der Waals surface area contributed by atoms with Crippen LogP contribution in [0.2, 0.25) is 0 Å². The maximum atomic E-state index is 13.0. The van der Waals surface area contributed by atoms with Gasteiger partial charge in [0.15, 0.2) is 0 Å². The molecule has 1 aromatic heterocycles. The van der Waals surface area contributed by atoms with Gasteiger partial charge in [-0.25, -0.2) is 18.2 Å². The number of ether oxygens (including phenoxy) is 2. The van der Waals surface area contributed by atoms with Gasteiger partial charge in [-0.05, 0) is 49.4 Å². The van der Waals surface area contributed by atoms with Gasteiger partial charge in [0.05, 0.1) is 46.3 Å². The van der Waals surface area contributed by atoms with Gasteiger partial charge in [-0.3, -0.25) is 0 Å². The second kappa shape index (κ2) is 9.08. The number of aromatic nitrogens is 2. The molecule has 0 atom stereocenters. The predicted molar refractivity (Wildman–Crippen MR) is 115 cm³/mol. The number of aryl methyl sites for hydroxylation is 1. The lowest BCUT2D eigenvalue weighted by Crippen LogP contribution is -2.40. The Labute approximate surface area is 185 Å². The van der Waals surface area contributed by atoms with Gasteiger partial charge >= 0.3 is 5.97 Å². The first kappa shape index (κ1) is 22.0. The zero-order valence-electron chi connectivity index (χ0n) is 17.5. The fourth-order valence-electron chi connectivity index (χ4n) is 3.61. The Bertz CT molecular complexity index is 1290. The molecule has 10 heteroatoms. The molecule has 0 spiro atoms. The molecule has 0 unspecified atom stereocenters. The molecule has 0 aliphatic carbocycles. The molecule has 1 aliphatic heterocycles. The number of hydrogen-bond donors (Lipinski definition) is 0. The van der Waals surface area contributed by atoms with Gasteiger partial charge < -0.3 is 14.0 Å². The Balaban J connectivity index is 1.57. The summed E-state index contributed by atoms with van der Waals surface area (Å²) in [5, 5.41) is 8.87. The first-order chi connectivity index (χ1) is 15.4. The molecular weight excluding hydrogens is 432 g/mol. The zero-order chi connectivity index (χ0) is 22.7. The standard InChI is InChI=1S/C22H22N4O5S/c1-2-26-20-8-7-18(32(28,29)25-9-11-30-12-10-25)13-19(20)24-21(26)15-31-22(27)17-5-3-16(14-23)4-6-17/h3-8,13H,2,9-12,15H2,1H3. The Morgan fingerprint density at radius 1 is 1.19 bits per heavy atom. The Morgan fingerprint density at radius 2 is 1.91 bits per heavy atom. The van der Waals surface area contributed by atoms with E-state index in [9.17, 15) is 13.2 Å². The van der Waals surface area contributed by atoms with Crippen LogP contribution < -0.4 is 0 Å². The smallest absolute Gasteiger partial charge is 0.338 e. The number of carbonyl (C=O) groups is 1. The van der Waals surface area contributed by atoms with Gasteiger partial charge in [-0.2, -0.15) is 9.57 Å². The first-order valence-electron chi connectivity index (χ1n) is 10.2. The van der Waals surface area contributed by atoms with E-state index in [0.29, 0.717) is 55.3 Å².